The molecule has 0 aromatic carbocycles. The number of likely N-dealkylation sites (tertiary alicyclic amines) is 1. The summed E-state index contributed by atoms with van der Waals surface area (Å²) in [6.45, 7) is 2.26. The van der Waals surface area contributed by atoms with Gasteiger partial charge in [0.15, 0.2) is 0 Å². The van der Waals surface area contributed by atoms with Crippen molar-refractivity contribution < 1.29 is 0 Å². The zero-order valence-electron chi connectivity index (χ0n) is 9.04. The molecule has 0 aromatic heterocycles. The lowest BCUT2D eigenvalue weighted by Gasteiger charge is -2.24. The fourth-order valence-electron chi connectivity index (χ4n) is 1.97. The van der Waals surface area contributed by atoms with E-state index in [1.54, 1.807) is 0 Å². The predicted molar refractivity (Wildman–Crippen MR) is 62.4 cm³/mol. The SMILES string of the molecule is CSCCC(C#N)N1CCCCCC1. The maximum Gasteiger partial charge on any atom is 0.0985 e. The molecule has 3 heteroatoms. The summed E-state index contributed by atoms with van der Waals surface area (Å²) >= 11 is 1.84. The van der Waals surface area contributed by atoms with Gasteiger partial charge in [-0.3, -0.25) is 4.90 Å². The molecule has 0 spiro atoms. The molecular weight excluding hydrogens is 192 g/mol. The van der Waals surface area contributed by atoms with Gasteiger partial charge in [0, 0.05) is 0 Å². The van der Waals surface area contributed by atoms with Gasteiger partial charge in [0.25, 0.3) is 0 Å². The van der Waals surface area contributed by atoms with E-state index in [0.717, 1.165) is 25.3 Å². The molecule has 80 valence electrons. The van der Waals surface area contributed by atoms with E-state index >= 15 is 0 Å². The number of nitrogens with zero attached hydrogens (tertiary/aromatic N) is 2. The monoisotopic (exact) mass is 212 g/mol. The maximum atomic E-state index is 9.10. The molecule has 1 unspecified atom stereocenters. The summed E-state index contributed by atoms with van der Waals surface area (Å²) in [5.74, 6) is 1.11. The molecule has 1 aliphatic rings. The number of thioether (sulfide) groups is 1. The van der Waals surface area contributed by atoms with Gasteiger partial charge in [-0.1, -0.05) is 12.8 Å². The second kappa shape index (κ2) is 7.14. The van der Waals surface area contributed by atoms with E-state index in [9.17, 15) is 0 Å². The Morgan fingerprint density at radius 1 is 1.29 bits per heavy atom. The van der Waals surface area contributed by atoms with Gasteiger partial charge in [0.2, 0.25) is 0 Å². The summed E-state index contributed by atoms with van der Waals surface area (Å²) < 4.78 is 0. The summed E-state index contributed by atoms with van der Waals surface area (Å²) in [5, 5.41) is 9.10. The van der Waals surface area contributed by atoms with Crippen molar-refractivity contribution in [2.24, 2.45) is 0 Å². The molecule has 0 radical (unpaired) electrons. The molecule has 0 bridgehead atoms. The first-order valence-corrected chi connectivity index (χ1v) is 6.90. The van der Waals surface area contributed by atoms with E-state index in [-0.39, 0.29) is 6.04 Å². The van der Waals surface area contributed by atoms with Gasteiger partial charge in [0.05, 0.1) is 12.1 Å². The molecule has 1 atom stereocenters. The first-order valence-electron chi connectivity index (χ1n) is 5.51. The lowest BCUT2D eigenvalue weighted by Crippen LogP contribution is -2.35. The standard InChI is InChI=1S/C11H20N2S/c1-14-9-6-11(10-12)13-7-4-2-3-5-8-13/h11H,2-9H2,1H3. The minimum Gasteiger partial charge on any atom is -0.288 e. The second-order valence-electron chi connectivity index (χ2n) is 3.88. The topological polar surface area (TPSA) is 27.0 Å². The highest BCUT2D eigenvalue weighted by molar-refractivity contribution is 7.98. The quantitative estimate of drug-likeness (QED) is 0.716. The van der Waals surface area contributed by atoms with Crippen LogP contribution in [0, 0.1) is 11.3 Å². The van der Waals surface area contributed by atoms with Crippen molar-refractivity contribution in [2.75, 3.05) is 25.1 Å². The first-order chi connectivity index (χ1) is 6.88. The minimum atomic E-state index is 0.167. The van der Waals surface area contributed by atoms with Crippen LogP contribution in [0.15, 0.2) is 0 Å². The van der Waals surface area contributed by atoms with Crippen LogP contribution < -0.4 is 0 Å². The molecule has 14 heavy (non-hydrogen) atoms. The Morgan fingerprint density at radius 3 is 2.43 bits per heavy atom. The molecule has 1 aliphatic heterocycles. The highest BCUT2D eigenvalue weighted by Gasteiger charge is 2.18. The van der Waals surface area contributed by atoms with Crippen molar-refractivity contribution in [1.29, 1.82) is 5.26 Å². The van der Waals surface area contributed by atoms with Gasteiger partial charge in [-0.15, -0.1) is 0 Å². The summed E-state index contributed by atoms with van der Waals surface area (Å²) in [5.41, 5.74) is 0. The number of rotatable bonds is 4. The van der Waals surface area contributed by atoms with E-state index in [1.807, 2.05) is 11.8 Å². The van der Waals surface area contributed by atoms with Crippen molar-refractivity contribution in [2.45, 2.75) is 38.1 Å². The zero-order valence-corrected chi connectivity index (χ0v) is 9.85. The molecule has 1 rings (SSSR count). The molecular formula is C11H20N2S. The van der Waals surface area contributed by atoms with Crippen LogP contribution in [0.25, 0.3) is 0 Å². The number of nitriles is 1. The first kappa shape index (κ1) is 11.9. The fraction of sp³-hybridized carbons (Fsp3) is 0.909. The van der Waals surface area contributed by atoms with Gasteiger partial charge in [-0.25, -0.2) is 0 Å². The molecule has 0 N–H and O–H groups in total. The molecule has 0 saturated carbocycles. The number of hydrogen-bond donors (Lipinski definition) is 0. The summed E-state index contributed by atoms with van der Waals surface area (Å²) in [6.07, 6.45) is 8.37. The molecule has 1 saturated heterocycles. The Kier molecular flexibility index (Phi) is 6.05. The Morgan fingerprint density at radius 2 is 1.93 bits per heavy atom. The third-order valence-electron chi connectivity index (χ3n) is 2.83. The second-order valence-corrected chi connectivity index (χ2v) is 4.86. The van der Waals surface area contributed by atoms with Crippen LogP contribution in [0.3, 0.4) is 0 Å². The van der Waals surface area contributed by atoms with Crippen LogP contribution in [0.2, 0.25) is 0 Å². The van der Waals surface area contributed by atoms with Gasteiger partial charge < -0.3 is 0 Å². The highest BCUT2D eigenvalue weighted by Crippen LogP contribution is 2.15. The lowest BCUT2D eigenvalue weighted by molar-refractivity contribution is 0.239. The number of hydrogen-bond acceptors (Lipinski definition) is 3. The average Bonchev–Trinajstić information content (AvgIpc) is 2.48. The van der Waals surface area contributed by atoms with Crippen LogP contribution in [0.5, 0.6) is 0 Å². The Hall–Kier alpha value is -0.200. The maximum absolute atomic E-state index is 9.10. The van der Waals surface area contributed by atoms with Crippen molar-refractivity contribution in [3.05, 3.63) is 0 Å². The molecule has 1 heterocycles. The third kappa shape index (κ3) is 3.89. The van der Waals surface area contributed by atoms with Crippen molar-refractivity contribution >= 4 is 11.8 Å². The Balaban J connectivity index is 2.37. The van der Waals surface area contributed by atoms with E-state index < -0.39 is 0 Å². The van der Waals surface area contributed by atoms with Gasteiger partial charge in [0.1, 0.15) is 0 Å². The lowest BCUT2D eigenvalue weighted by atomic mass is 10.2. The largest absolute Gasteiger partial charge is 0.288 e. The molecule has 1 fully saturated rings. The Labute approximate surface area is 91.7 Å². The van der Waals surface area contributed by atoms with E-state index in [4.69, 9.17) is 5.26 Å². The summed E-state index contributed by atoms with van der Waals surface area (Å²) in [7, 11) is 0. The molecule has 0 amide bonds. The van der Waals surface area contributed by atoms with E-state index in [0.29, 0.717) is 0 Å². The normalized spacial score (nSPS) is 21.1. The molecule has 0 aromatic rings. The van der Waals surface area contributed by atoms with E-state index in [1.165, 1.54) is 25.7 Å². The van der Waals surface area contributed by atoms with Crippen LogP contribution in [0.4, 0.5) is 0 Å². The molecule has 0 aliphatic carbocycles. The molecule has 2 nitrogen and oxygen atoms in total. The van der Waals surface area contributed by atoms with Crippen molar-refractivity contribution in [3.8, 4) is 6.07 Å². The van der Waals surface area contributed by atoms with Gasteiger partial charge >= 0.3 is 0 Å². The Bertz CT molecular complexity index is 180. The smallest absolute Gasteiger partial charge is 0.0985 e. The van der Waals surface area contributed by atoms with Crippen LogP contribution >= 0.6 is 11.8 Å². The van der Waals surface area contributed by atoms with E-state index in [2.05, 4.69) is 17.2 Å². The zero-order chi connectivity index (χ0) is 10.2. The van der Waals surface area contributed by atoms with Crippen LogP contribution in [-0.2, 0) is 0 Å². The highest BCUT2D eigenvalue weighted by atomic mass is 32.2. The van der Waals surface area contributed by atoms with Crippen molar-refractivity contribution in [1.82, 2.24) is 4.90 Å². The van der Waals surface area contributed by atoms with Crippen molar-refractivity contribution in [3.63, 3.8) is 0 Å². The minimum absolute atomic E-state index is 0.167. The summed E-state index contributed by atoms with van der Waals surface area (Å²) in [4.78, 5) is 2.38. The van der Waals surface area contributed by atoms with Gasteiger partial charge in [-0.2, -0.15) is 17.0 Å². The summed E-state index contributed by atoms with van der Waals surface area (Å²) in [6, 6.07) is 2.61. The average molecular weight is 212 g/mol. The third-order valence-corrected chi connectivity index (χ3v) is 3.47. The van der Waals surface area contributed by atoms with Gasteiger partial charge in [-0.05, 0) is 44.4 Å². The van der Waals surface area contributed by atoms with Crippen LogP contribution in [0.1, 0.15) is 32.1 Å². The predicted octanol–water partition coefficient (Wildman–Crippen LogP) is 2.51. The fourth-order valence-corrected chi connectivity index (χ4v) is 2.42. The van der Waals surface area contributed by atoms with Crippen LogP contribution in [-0.4, -0.2) is 36.0 Å².